The Labute approximate surface area is 178 Å². The van der Waals surface area contributed by atoms with E-state index in [4.69, 9.17) is 0 Å². The van der Waals surface area contributed by atoms with E-state index in [0.29, 0.717) is 12.5 Å². The Morgan fingerprint density at radius 3 is 2.73 bits per heavy atom. The Morgan fingerprint density at radius 2 is 2.12 bits per heavy atom. The van der Waals surface area contributed by atoms with Gasteiger partial charge in [0.1, 0.15) is 10.8 Å². The molecule has 2 aromatic rings. The van der Waals surface area contributed by atoms with Gasteiger partial charge in [-0.15, -0.1) is 35.3 Å². The van der Waals surface area contributed by atoms with Crippen molar-refractivity contribution in [3.8, 4) is 0 Å². The highest BCUT2D eigenvalue weighted by Crippen LogP contribution is 2.18. The molecule has 146 valence electrons. The maximum atomic E-state index is 4.65. The summed E-state index contributed by atoms with van der Waals surface area (Å²) in [4.78, 5) is 13.5. The molecule has 0 saturated carbocycles. The highest BCUT2D eigenvalue weighted by molar-refractivity contribution is 14.0. The highest BCUT2D eigenvalue weighted by atomic mass is 127. The number of aryl methyl sites for hydroxylation is 2. The van der Waals surface area contributed by atoms with Crippen LogP contribution in [0.4, 0.5) is 0 Å². The van der Waals surface area contributed by atoms with Crippen LogP contribution in [0.25, 0.3) is 0 Å². The fraction of sp³-hybridized carbons (Fsp3) is 0.611. The average molecular weight is 490 g/mol. The summed E-state index contributed by atoms with van der Waals surface area (Å²) in [5, 5.41) is 9.90. The molecule has 26 heavy (non-hydrogen) atoms. The number of hydrogen-bond donors (Lipinski definition) is 2. The quantitative estimate of drug-likeness (QED) is 0.242. The number of rotatable bonds is 9. The third-order valence-electron chi connectivity index (χ3n) is 3.92. The average Bonchev–Trinajstić information content (AvgIpc) is 3.21. The summed E-state index contributed by atoms with van der Waals surface area (Å²) in [7, 11) is 0. The molecule has 0 radical (unpaired) electrons. The third-order valence-corrected chi connectivity index (χ3v) is 4.77. The van der Waals surface area contributed by atoms with Gasteiger partial charge in [0.25, 0.3) is 0 Å². The van der Waals surface area contributed by atoms with Gasteiger partial charge in [0.15, 0.2) is 5.96 Å². The molecule has 2 heterocycles. The molecule has 8 heteroatoms. The van der Waals surface area contributed by atoms with E-state index in [-0.39, 0.29) is 24.0 Å². The summed E-state index contributed by atoms with van der Waals surface area (Å²) < 4.78 is 2.19. The van der Waals surface area contributed by atoms with E-state index in [9.17, 15) is 0 Å². The lowest BCUT2D eigenvalue weighted by molar-refractivity contribution is 0.588. The fourth-order valence-electron chi connectivity index (χ4n) is 2.41. The van der Waals surface area contributed by atoms with Crippen LogP contribution in [0.15, 0.2) is 22.8 Å². The molecule has 0 spiro atoms. The summed E-state index contributed by atoms with van der Waals surface area (Å²) in [6.07, 6.45) is 6.10. The molecule has 0 aliphatic rings. The maximum Gasteiger partial charge on any atom is 0.191 e. The molecule has 0 amide bonds. The predicted molar refractivity (Wildman–Crippen MR) is 121 cm³/mol. The number of halogens is 1. The summed E-state index contributed by atoms with van der Waals surface area (Å²) in [6, 6.07) is 0. The molecule has 0 fully saturated rings. The Balaban J connectivity index is 0.00000338. The first kappa shape index (κ1) is 22.9. The molecule has 0 saturated heterocycles. The van der Waals surface area contributed by atoms with E-state index in [1.54, 1.807) is 11.3 Å². The van der Waals surface area contributed by atoms with Gasteiger partial charge in [0.2, 0.25) is 0 Å². The van der Waals surface area contributed by atoms with Gasteiger partial charge in [-0.3, -0.25) is 0 Å². The lowest BCUT2D eigenvalue weighted by Gasteiger charge is -2.11. The smallest absolute Gasteiger partial charge is 0.191 e. The van der Waals surface area contributed by atoms with Gasteiger partial charge in [-0.25, -0.2) is 15.0 Å². The lowest BCUT2D eigenvalue weighted by atomic mass is 10.2. The number of nitrogens with zero attached hydrogens (tertiary/aromatic N) is 4. The topological polar surface area (TPSA) is 67.1 Å². The molecule has 2 N–H and O–H groups in total. The van der Waals surface area contributed by atoms with Gasteiger partial charge >= 0.3 is 0 Å². The van der Waals surface area contributed by atoms with Crippen molar-refractivity contribution in [1.82, 2.24) is 25.2 Å². The minimum Gasteiger partial charge on any atom is -0.357 e. The van der Waals surface area contributed by atoms with Gasteiger partial charge in [0, 0.05) is 37.4 Å². The molecule has 0 unspecified atom stereocenters. The Hall–Kier alpha value is -1.16. The number of nitrogens with one attached hydrogen (secondary N) is 2. The second kappa shape index (κ2) is 12.3. The Kier molecular flexibility index (Phi) is 10.8. The number of thiazole rings is 1. The van der Waals surface area contributed by atoms with Crippen LogP contribution in [-0.2, 0) is 13.1 Å². The first-order valence-corrected chi connectivity index (χ1v) is 9.92. The molecule has 0 aromatic carbocycles. The molecular weight excluding hydrogens is 459 g/mol. The van der Waals surface area contributed by atoms with E-state index < -0.39 is 0 Å². The van der Waals surface area contributed by atoms with Crippen molar-refractivity contribution in [2.45, 2.75) is 59.5 Å². The minimum absolute atomic E-state index is 0. The van der Waals surface area contributed by atoms with Crippen LogP contribution in [0.5, 0.6) is 0 Å². The van der Waals surface area contributed by atoms with E-state index in [1.165, 1.54) is 0 Å². The zero-order valence-corrected chi connectivity index (χ0v) is 19.3. The first-order valence-electron chi connectivity index (χ1n) is 9.04. The molecule has 0 aliphatic carbocycles. The van der Waals surface area contributed by atoms with Crippen molar-refractivity contribution >= 4 is 41.3 Å². The van der Waals surface area contributed by atoms with E-state index >= 15 is 0 Å². The zero-order chi connectivity index (χ0) is 18.1. The molecule has 0 bridgehead atoms. The van der Waals surface area contributed by atoms with Crippen molar-refractivity contribution in [2.24, 2.45) is 4.99 Å². The third kappa shape index (κ3) is 7.61. The van der Waals surface area contributed by atoms with Gasteiger partial charge in [-0.1, -0.05) is 13.8 Å². The number of aliphatic imine (C=N–C) groups is 1. The van der Waals surface area contributed by atoms with E-state index in [1.807, 2.05) is 19.3 Å². The van der Waals surface area contributed by atoms with Gasteiger partial charge in [-0.2, -0.15) is 0 Å². The van der Waals surface area contributed by atoms with Crippen LogP contribution in [0.1, 0.15) is 56.1 Å². The number of imidazole rings is 1. The fourth-order valence-corrected chi connectivity index (χ4v) is 3.28. The van der Waals surface area contributed by atoms with Crippen LogP contribution in [-0.4, -0.2) is 33.6 Å². The largest absolute Gasteiger partial charge is 0.357 e. The van der Waals surface area contributed by atoms with Crippen molar-refractivity contribution < 1.29 is 0 Å². The molecule has 2 rings (SSSR count). The molecule has 2 aromatic heterocycles. The highest BCUT2D eigenvalue weighted by Gasteiger charge is 2.05. The second-order valence-electron chi connectivity index (χ2n) is 6.32. The van der Waals surface area contributed by atoms with Crippen LogP contribution in [0.2, 0.25) is 0 Å². The summed E-state index contributed by atoms with van der Waals surface area (Å²) >= 11 is 1.69. The summed E-state index contributed by atoms with van der Waals surface area (Å²) in [5.74, 6) is 2.41. The zero-order valence-electron chi connectivity index (χ0n) is 16.2. The SMILES string of the molecule is CCNC(=NCc1nc(C(C)C)cs1)NCCCCn1ccnc1C.I. The Morgan fingerprint density at radius 1 is 1.31 bits per heavy atom. The van der Waals surface area contributed by atoms with Gasteiger partial charge in [0.05, 0.1) is 12.2 Å². The van der Waals surface area contributed by atoms with E-state index in [0.717, 1.165) is 55.0 Å². The van der Waals surface area contributed by atoms with Gasteiger partial charge < -0.3 is 15.2 Å². The van der Waals surface area contributed by atoms with Crippen LogP contribution < -0.4 is 10.6 Å². The predicted octanol–water partition coefficient (Wildman–Crippen LogP) is 3.92. The standard InChI is InChI=1S/C18H30N6S.HI/c1-5-19-18(22-12-17-23-16(13-25-17)14(2)3)21-8-6-7-10-24-11-9-20-15(24)4;/h9,11,13-14H,5-8,10,12H2,1-4H3,(H2,19,21,22);1H. The van der Waals surface area contributed by atoms with Crippen LogP contribution in [0.3, 0.4) is 0 Å². The van der Waals surface area contributed by atoms with E-state index in [2.05, 4.69) is 56.3 Å². The van der Waals surface area contributed by atoms with Crippen molar-refractivity contribution in [3.05, 3.63) is 34.3 Å². The summed E-state index contributed by atoms with van der Waals surface area (Å²) in [5.41, 5.74) is 1.16. The molecular formula is C18H31IN6S. The Bertz CT molecular complexity index is 664. The number of unbranched alkanes of at least 4 members (excludes halogenated alkanes) is 1. The maximum absolute atomic E-state index is 4.65. The normalized spacial score (nSPS) is 11.5. The first-order chi connectivity index (χ1) is 12.1. The van der Waals surface area contributed by atoms with Gasteiger partial charge in [-0.05, 0) is 32.6 Å². The lowest BCUT2D eigenvalue weighted by Crippen LogP contribution is -2.37. The van der Waals surface area contributed by atoms with Crippen LogP contribution >= 0.6 is 35.3 Å². The molecule has 6 nitrogen and oxygen atoms in total. The second-order valence-corrected chi connectivity index (χ2v) is 7.26. The van der Waals surface area contributed by atoms with Crippen molar-refractivity contribution in [3.63, 3.8) is 0 Å². The number of aromatic nitrogens is 3. The summed E-state index contributed by atoms with van der Waals surface area (Å²) in [6.45, 7) is 11.9. The number of guanidine groups is 1. The molecule has 0 aliphatic heterocycles. The number of hydrogen-bond acceptors (Lipinski definition) is 4. The monoisotopic (exact) mass is 490 g/mol. The minimum atomic E-state index is 0. The van der Waals surface area contributed by atoms with Crippen LogP contribution in [0, 0.1) is 6.92 Å². The van der Waals surface area contributed by atoms with Crippen molar-refractivity contribution in [2.75, 3.05) is 13.1 Å². The van der Waals surface area contributed by atoms with Crippen molar-refractivity contribution in [1.29, 1.82) is 0 Å². The molecule has 0 atom stereocenters.